The third-order valence-corrected chi connectivity index (χ3v) is 6.61. The first-order valence-corrected chi connectivity index (χ1v) is 12.0. The Morgan fingerprint density at radius 3 is 2.77 bits per heavy atom. The van der Waals surface area contributed by atoms with Crippen molar-refractivity contribution in [3.8, 4) is 12.3 Å². The Balaban J connectivity index is 1.67. The molecule has 0 aliphatic heterocycles. The molecule has 1 amide bonds. The predicted octanol–water partition coefficient (Wildman–Crippen LogP) is 4.65. The maximum atomic E-state index is 12.4. The number of ether oxygens (including phenoxy) is 1. The highest BCUT2D eigenvalue weighted by molar-refractivity contribution is 7.98. The molecule has 7 heteroatoms. The first-order chi connectivity index (χ1) is 15.1. The molecule has 0 bridgehead atoms. The minimum Gasteiger partial charge on any atom is -0.462 e. The van der Waals surface area contributed by atoms with Gasteiger partial charge in [0, 0.05) is 12.2 Å². The Hall–Kier alpha value is -2.82. The smallest absolute Gasteiger partial charge is 0.338 e. The van der Waals surface area contributed by atoms with Crippen molar-refractivity contribution in [1.29, 1.82) is 0 Å². The molecule has 0 radical (unpaired) electrons. The van der Waals surface area contributed by atoms with Crippen LogP contribution in [-0.2, 0) is 21.8 Å². The number of rotatable bonds is 9. The Morgan fingerprint density at radius 1 is 1.23 bits per heavy atom. The zero-order valence-corrected chi connectivity index (χ0v) is 19.0. The number of carbonyl (C=O) groups excluding carboxylic acids is 2. The molecule has 0 aliphatic rings. The fourth-order valence-electron chi connectivity index (χ4n) is 3.00. The number of thiazole rings is 1. The van der Waals surface area contributed by atoms with Crippen molar-refractivity contribution in [3.63, 3.8) is 0 Å². The summed E-state index contributed by atoms with van der Waals surface area (Å²) in [6.07, 6.45) is 6.68. The highest BCUT2D eigenvalue weighted by atomic mass is 32.2. The molecule has 0 aliphatic carbocycles. The van der Waals surface area contributed by atoms with Crippen LogP contribution in [0.15, 0.2) is 53.5 Å². The molecular formula is C24H24N2O3S2. The van der Waals surface area contributed by atoms with Crippen LogP contribution in [0, 0.1) is 12.3 Å². The summed E-state index contributed by atoms with van der Waals surface area (Å²) >= 11 is 3.16. The lowest BCUT2D eigenvalue weighted by Crippen LogP contribution is -2.16. The largest absolute Gasteiger partial charge is 0.462 e. The number of esters is 1. The maximum absolute atomic E-state index is 12.4. The summed E-state index contributed by atoms with van der Waals surface area (Å²) in [6, 6.07) is 15.6. The number of nitrogens with zero attached hydrogens (tertiary/aromatic N) is 2. The molecule has 31 heavy (non-hydrogen) atoms. The van der Waals surface area contributed by atoms with Crippen LogP contribution in [0.3, 0.4) is 0 Å². The number of terminal acetylenes is 1. The second-order valence-corrected chi connectivity index (χ2v) is 8.84. The van der Waals surface area contributed by atoms with Crippen molar-refractivity contribution >= 4 is 45.2 Å². The van der Waals surface area contributed by atoms with Gasteiger partial charge in [0.1, 0.15) is 0 Å². The fourth-order valence-corrected chi connectivity index (χ4v) is 5.00. The van der Waals surface area contributed by atoms with Gasteiger partial charge < -0.3 is 9.30 Å². The van der Waals surface area contributed by atoms with E-state index in [4.69, 9.17) is 11.2 Å². The van der Waals surface area contributed by atoms with Crippen LogP contribution >= 0.6 is 23.1 Å². The zero-order chi connectivity index (χ0) is 22.1. The second-order valence-electron chi connectivity index (χ2n) is 6.73. The van der Waals surface area contributed by atoms with E-state index in [1.165, 1.54) is 16.9 Å². The van der Waals surface area contributed by atoms with Crippen LogP contribution < -0.4 is 4.80 Å². The SMILES string of the molecule is C#CCn1c(=NC(=O)CCCSCc2ccccc2)sc2cc(C(=O)OCC)ccc21. The second kappa shape index (κ2) is 11.5. The van der Waals surface area contributed by atoms with Gasteiger partial charge in [-0.1, -0.05) is 47.6 Å². The number of amides is 1. The van der Waals surface area contributed by atoms with Crippen LogP contribution in [-0.4, -0.2) is 28.8 Å². The number of carbonyl (C=O) groups is 2. The van der Waals surface area contributed by atoms with Crippen molar-refractivity contribution in [1.82, 2.24) is 4.57 Å². The number of fused-ring (bicyclic) bond motifs is 1. The maximum Gasteiger partial charge on any atom is 0.338 e. The molecule has 0 saturated heterocycles. The summed E-state index contributed by atoms with van der Waals surface area (Å²) in [5.74, 6) is 3.91. The molecule has 3 aromatic rings. The molecule has 1 heterocycles. The molecule has 3 rings (SSSR count). The van der Waals surface area contributed by atoms with Gasteiger partial charge in [-0.3, -0.25) is 4.79 Å². The molecule has 0 spiro atoms. The monoisotopic (exact) mass is 452 g/mol. The van der Waals surface area contributed by atoms with E-state index in [9.17, 15) is 9.59 Å². The molecule has 0 atom stereocenters. The van der Waals surface area contributed by atoms with Crippen molar-refractivity contribution in [2.24, 2.45) is 4.99 Å². The average molecular weight is 453 g/mol. The number of aromatic nitrogens is 1. The van der Waals surface area contributed by atoms with Gasteiger partial charge in [0.05, 0.1) is 28.9 Å². The summed E-state index contributed by atoms with van der Waals surface area (Å²) in [5, 5.41) is 0. The third-order valence-electron chi connectivity index (χ3n) is 4.45. The molecule has 160 valence electrons. The molecule has 1 aromatic heterocycles. The van der Waals surface area contributed by atoms with Gasteiger partial charge in [-0.2, -0.15) is 16.8 Å². The third kappa shape index (κ3) is 6.33. The van der Waals surface area contributed by atoms with E-state index in [0.29, 0.717) is 29.9 Å². The van der Waals surface area contributed by atoms with Gasteiger partial charge >= 0.3 is 5.97 Å². The predicted molar refractivity (Wildman–Crippen MR) is 127 cm³/mol. The van der Waals surface area contributed by atoms with Gasteiger partial charge in [0.25, 0.3) is 0 Å². The van der Waals surface area contributed by atoms with E-state index in [2.05, 4.69) is 23.0 Å². The molecule has 0 unspecified atom stereocenters. The normalized spacial score (nSPS) is 11.4. The standard InChI is InChI=1S/C24H24N2O3S2/c1-3-14-26-20-13-12-19(23(28)29-4-2)16-21(20)31-24(26)25-22(27)11-8-15-30-17-18-9-6-5-7-10-18/h1,5-7,9-10,12-13,16H,4,8,11,14-15,17H2,2H3. The summed E-state index contributed by atoms with van der Waals surface area (Å²) < 4.78 is 7.73. The van der Waals surface area contributed by atoms with E-state index >= 15 is 0 Å². The van der Waals surface area contributed by atoms with Gasteiger partial charge in [-0.15, -0.1) is 6.42 Å². The van der Waals surface area contributed by atoms with Crippen LogP contribution in [0.2, 0.25) is 0 Å². The lowest BCUT2D eigenvalue weighted by molar-refractivity contribution is -0.118. The number of benzene rings is 2. The Morgan fingerprint density at radius 2 is 2.03 bits per heavy atom. The first-order valence-electron chi connectivity index (χ1n) is 10.1. The van der Waals surface area contributed by atoms with Gasteiger partial charge in [0.15, 0.2) is 4.80 Å². The fraction of sp³-hybridized carbons (Fsp3) is 0.292. The van der Waals surface area contributed by atoms with Crippen LogP contribution in [0.25, 0.3) is 10.2 Å². The van der Waals surface area contributed by atoms with Crippen molar-refractivity contribution in [3.05, 3.63) is 64.5 Å². The summed E-state index contributed by atoms with van der Waals surface area (Å²) in [7, 11) is 0. The topological polar surface area (TPSA) is 60.7 Å². The summed E-state index contributed by atoms with van der Waals surface area (Å²) in [5.41, 5.74) is 2.60. The van der Waals surface area contributed by atoms with E-state index in [1.54, 1.807) is 19.1 Å². The first kappa shape index (κ1) is 22.9. The molecule has 2 aromatic carbocycles. The lowest BCUT2D eigenvalue weighted by atomic mass is 10.2. The molecule has 0 N–H and O–H groups in total. The van der Waals surface area contributed by atoms with E-state index in [0.717, 1.165) is 28.1 Å². The highest BCUT2D eigenvalue weighted by Gasteiger charge is 2.12. The Bertz CT molecular complexity index is 1160. The highest BCUT2D eigenvalue weighted by Crippen LogP contribution is 2.20. The quantitative estimate of drug-likeness (QED) is 0.269. The average Bonchev–Trinajstić information content (AvgIpc) is 3.11. The van der Waals surface area contributed by atoms with Crippen LogP contribution in [0.1, 0.15) is 35.7 Å². The van der Waals surface area contributed by atoms with Gasteiger partial charge in [0.2, 0.25) is 5.91 Å². The zero-order valence-electron chi connectivity index (χ0n) is 17.4. The summed E-state index contributed by atoms with van der Waals surface area (Å²) in [6.45, 7) is 2.39. The van der Waals surface area contributed by atoms with Gasteiger partial charge in [-0.05, 0) is 42.9 Å². The van der Waals surface area contributed by atoms with Crippen LogP contribution in [0.4, 0.5) is 0 Å². The van der Waals surface area contributed by atoms with Gasteiger partial charge in [-0.25, -0.2) is 4.79 Å². The van der Waals surface area contributed by atoms with Crippen molar-refractivity contribution in [2.75, 3.05) is 12.4 Å². The minimum atomic E-state index is -0.371. The van der Waals surface area contributed by atoms with Crippen molar-refractivity contribution in [2.45, 2.75) is 32.1 Å². The number of hydrogen-bond acceptors (Lipinski definition) is 5. The summed E-state index contributed by atoms with van der Waals surface area (Å²) in [4.78, 5) is 29.3. The molecule has 5 nitrogen and oxygen atoms in total. The van der Waals surface area contributed by atoms with Crippen molar-refractivity contribution < 1.29 is 14.3 Å². The number of hydrogen-bond donors (Lipinski definition) is 0. The van der Waals surface area contributed by atoms with E-state index < -0.39 is 0 Å². The molecule has 0 saturated carbocycles. The number of thioether (sulfide) groups is 1. The van der Waals surface area contributed by atoms with Crippen LogP contribution in [0.5, 0.6) is 0 Å². The Labute approximate surface area is 190 Å². The lowest BCUT2D eigenvalue weighted by Gasteiger charge is -2.03. The van der Waals surface area contributed by atoms with E-state index in [-0.39, 0.29) is 11.9 Å². The molecular weight excluding hydrogens is 428 g/mol. The minimum absolute atomic E-state index is 0.164. The molecule has 0 fully saturated rings. The Kier molecular flexibility index (Phi) is 8.51. The van der Waals surface area contributed by atoms with E-state index in [1.807, 2.05) is 40.6 Å².